The second-order valence-electron chi connectivity index (χ2n) is 7.26. The first-order chi connectivity index (χ1) is 13.1. The number of amides is 1. The van der Waals surface area contributed by atoms with E-state index in [1.165, 1.54) is 5.56 Å². The summed E-state index contributed by atoms with van der Waals surface area (Å²) in [7, 11) is 0. The van der Waals surface area contributed by atoms with Crippen LogP contribution in [0.1, 0.15) is 43.7 Å². The summed E-state index contributed by atoms with van der Waals surface area (Å²) in [4.78, 5) is 19.3. The number of hydrogen-bond donors (Lipinski definition) is 0. The summed E-state index contributed by atoms with van der Waals surface area (Å²) in [5.74, 6) is 1.88. The maximum atomic E-state index is 12.8. The zero-order chi connectivity index (χ0) is 19.2. The number of carbonyl (C=O) groups is 1. The summed E-state index contributed by atoms with van der Waals surface area (Å²) in [5, 5.41) is 0. The van der Waals surface area contributed by atoms with E-state index in [0.29, 0.717) is 18.2 Å². The van der Waals surface area contributed by atoms with Crippen LogP contribution in [0.3, 0.4) is 0 Å². The number of nitrogens with zero attached hydrogens (tertiary/aromatic N) is 2. The highest BCUT2D eigenvalue weighted by molar-refractivity contribution is 5.78. The van der Waals surface area contributed by atoms with Crippen molar-refractivity contribution >= 4 is 5.91 Å². The Hall–Kier alpha value is -2.14. The summed E-state index contributed by atoms with van der Waals surface area (Å²) in [6.07, 6.45) is 3.47. The minimum absolute atomic E-state index is 0.125. The van der Waals surface area contributed by atoms with E-state index in [1.54, 1.807) is 0 Å². The first-order valence-electron chi connectivity index (χ1n) is 10.0. The fourth-order valence-electron chi connectivity index (χ4n) is 3.57. The smallest absolute Gasteiger partial charge is 0.228 e. The second kappa shape index (κ2) is 9.18. The van der Waals surface area contributed by atoms with Gasteiger partial charge in [0.2, 0.25) is 11.8 Å². The van der Waals surface area contributed by atoms with Crippen molar-refractivity contribution in [1.82, 2.24) is 9.88 Å². The van der Waals surface area contributed by atoms with Crippen molar-refractivity contribution in [3.8, 4) is 11.5 Å². The molecule has 146 valence electrons. The average molecular weight is 370 g/mol. The largest absolute Gasteiger partial charge is 0.441 e. The van der Waals surface area contributed by atoms with Crippen LogP contribution >= 0.6 is 0 Å². The van der Waals surface area contributed by atoms with Gasteiger partial charge in [-0.05, 0) is 56.7 Å². The van der Waals surface area contributed by atoms with Crippen LogP contribution in [0.25, 0.3) is 11.5 Å². The Morgan fingerprint density at radius 2 is 2.07 bits per heavy atom. The summed E-state index contributed by atoms with van der Waals surface area (Å²) in [5.41, 5.74) is 2.97. The lowest BCUT2D eigenvalue weighted by atomic mass is 9.98. The SMILES string of the molecule is CCOCC1CCCN(C(=O)Cc2nc(-c3ccc(CC)cc3)oc2C)C1. The van der Waals surface area contributed by atoms with E-state index >= 15 is 0 Å². The van der Waals surface area contributed by atoms with Crippen molar-refractivity contribution in [3.63, 3.8) is 0 Å². The molecule has 0 N–H and O–H groups in total. The molecule has 0 aliphatic carbocycles. The maximum absolute atomic E-state index is 12.8. The lowest BCUT2D eigenvalue weighted by Crippen LogP contribution is -2.42. The average Bonchev–Trinajstić information content (AvgIpc) is 3.07. The van der Waals surface area contributed by atoms with Gasteiger partial charge in [0.1, 0.15) is 5.76 Å². The molecule has 0 bridgehead atoms. The molecule has 1 amide bonds. The molecule has 1 atom stereocenters. The molecule has 1 saturated heterocycles. The third-order valence-corrected chi connectivity index (χ3v) is 5.25. The predicted octanol–water partition coefficient (Wildman–Crippen LogP) is 4.03. The van der Waals surface area contributed by atoms with Crippen LogP contribution in [-0.4, -0.2) is 42.1 Å². The summed E-state index contributed by atoms with van der Waals surface area (Å²) in [6, 6.07) is 8.23. The number of likely N-dealkylation sites (tertiary alicyclic amines) is 1. The van der Waals surface area contributed by atoms with Crippen molar-refractivity contribution in [2.75, 3.05) is 26.3 Å². The molecule has 0 radical (unpaired) electrons. The molecule has 0 spiro atoms. The molecule has 1 aliphatic rings. The Bertz CT molecular complexity index is 751. The van der Waals surface area contributed by atoms with Crippen molar-refractivity contribution in [1.29, 1.82) is 0 Å². The number of rotatable bonds is 7. The Morgan fingerprint density at radius 3 is 2.78 bits per heavy atom. The molecule has 2 aromatic rings. The van der Waals surface area contributed by atoms with Crippen LogP contribution in [0, 0.1) is 12.8 Å². The molecule has 1 aliphatic heterocycles. The van der Waals surface area contributed by atoms with E-state index in [2.05, 4.69) is 24.0 Å². The van der Waals surface area contributed by atoms with Crippen molar-refractivity contribution in [3.05, 3.63) is 41.3 Å². The van der Waals surface area contributed by atoms with Gasteiger partial charge in [-0.2, -0.15) is 0 Å². The van der Waals surface area contributed by atoms with Crippen LogP contribution in [0.15, 0.2) is 28.7 Å². The number of benzene rings is 1. The topological polar surface area (TPSA) is 55.6 Å². The number of ether oxygens (including phenoxy) is 1. The molecule has 1 aromatic carbocycles. The van der Waals surface area contributed by atoms with E-state index in [9.17, 15) is 4.79 Å². The number of aromatic nitrogens is 1. The minimum atomic E-state index is 0.125. The van der Waals surface area contributed by atoms with E-state index in [0.717, 1.165) is 62.6 Å². The normalized spacial score (nSPS) is 17.3. The van der Waals surface area contributed by atoms with Gasteiger partial charge >= 0.3 is 0 Å². The maximum Gasteiger partial charge on any atom is 0.228 e. The molecule has 1 fully saturated rings. The fraction of sp³-hybridized carbons (Fsp3) is 0.545. The highest BCUT2D eigenvalue weighted by Crippen LogP contribution is 2.24. The van der Waals surface area contributed by atoms with E-state index in [-0.39, 0.29) is 5.91 Å². The zero-order valence-corrected chi connectivity index (χ0v) is 16.7. The predicted molar refractivity (Wildman–Crippen MR) is 106 cm³/mol. The number of piperidine rings is 1. The molecular formula is C22H30N2O3. The van der Waals surface area contributed by atoms with E-state index < -0.39 is 0 Å². The molecule has 1 aromatic heterocycles. The first-order valence-corrected chi connectivity index (χ1v) is 10.0. The Balaban J connectivity index is 1.64. The van der Waals surface area contributed by atoms with Gasteiger partial charge in [-0.15, -0.1) is 0 Å². The Morgan fingerprint density at radius 1 is 1.30 bits per heavy atom. The molecule has 5 heteroatoms. The van der Waals surface area contributed by atoms with E-state index in [4.69, 9.17) is 9.15 Å². The highest BCUT2D eigenvalue weighted by Gasteiger charge is 2.25. The Kier molecular flexibility index (Phi) is 6.67. The van der Waals surface area contributed by atoms with Crippen LogP contribution in [0.5, 0.6) is 0 Å². The van der Waals surface area contributed by atoms with Crippen molar-refractivity contribution in [2.24, 2.45) is 5.92 Å². The third kappa shape index (κ3) is 4.98. The van der Waals surface area contributed by atoms with Gasteiger partial charge in [0.25, 0.3) is 0 Å². The van der Waals surface area contributed by atoms with Gasteiger partial charge in [-0.3, -0.25) is 4.79 Å². The first kappa shape index (κ1) is 19.6. The molecule has 0 saturated carbocycles. The van der Waals surface area contributed by atoms with Crippen LogP contribution in [-0.2, 0) is 22.4 Å². The van der Waals surface area contributed by atoms with Crippen LogP contribution < -0.4 is 0 Å². The highest BCUT2D eigenvalue weighted by atomic mass is 16.5. The van der Waals surface area contributed by atoms with Gasteiger partial charge in [-0.25, -0.2) is 4.98 Å². The number of carbonyl (C=O) groups excluding carboxylic acids is 1. The molecule has 5 nitrogen and oxygen atoms in total. The van der Waals surface area contributed by atoms with Crippen LogP contribution in [0.2, 0.25) is 0 Å². The standard InChI is InChI=1S/C22H30N2O3/c1-4-17-8-10-19(11-9-17)22-23-20(16(3)27-22)13-21(25)24-12-6-7-18(14-24)15-26-5-2/h8-11,18H,4-7,12-15H2,1-3H3. The minimum Gasteiger partial charge on any atom is -0.441 e. The third-order valence-electron chi connectivity index (χ3n) is 5.25. The summed E-state index contributed by atoms with van der Waals surface area (Å²) < 4.78 is 11.4. The van der Waals surface area contributed by atoms with Gasteiger partial charge in [0.05, 0.1) is 18.7 Å². The number of oxazole rings is 1. The van der Waals surface area contributed by atoms with Gasteiger partial charge in [0.15, 0.2) is 0 Å². The molecule has 27 heavy (non-hydrogen) atoms. The zero-order valence-electron chi connectivity index (χ0n) is 16.7. The second-order valence-corrected chi connectivity index (χ2v) is 7.26. The van der Waals surface area contributed by atoms with Gasteiger partial charge < -0.3 is 14.1 Å². The monoisotopic (exact) mass is 370 g/mol. The lowest BCUT2D eigenvalue weighted by molar-refractivity contribution is -0.132. The lowest BCUT2D eigenvalue weighted by Gasteiger charge is -2.32. The van der Waals surface area contributed by atoms with E-state index in [1.807, 2.05) is 30.9 Å². The summed E-state index contributed by atoms with van der Waals surface area (Å²) in [6.45, 7) is 9.09. The van der Waals surface area contributed by atoms with Crippen molar-refractivity contribution in [2.45, 2.75) is 46.5 Å². The van der Waals surface area contributed by atoms with Gasteiger partial charge in [-0.1, -0.05) is 19.1 Å². The van der Waals surface area contributed by atoms with Crippen LogP contribution in [0.4, 0.5) is 0 Å². The molecular weight excluding hydrogens is 340 g/mol. The number of hydrogen-bond acceptors (Lipinski definition) is 4. The summed E-state index contributed by atoms with van der Waals surface area (Å²) >= 11 is 0. The quantitative estimate of drug-likeness (QED) is 0.738. The number of aryl methyl sites for hydroxylation is 2. The Labute approximate surface area is 161 Å². The molecule has 1 unspecified atom stereocenters. The molecule has 2 heterocycles. The molecule has 3 rings (SSSR count). The van der Waals surface area contributed by atoms with Gasteiger partial charge in [0, 0.05) is 25.3 Å². The fourth-order valence-corrected chi connectivity index (χ4v) is 3.57. The van der Waals surface area contributed by atoms with Crippen molar-refractivity contribution < 1.29 is 13.9 Å².